The molecule has 2 unspecified atom stereocenters. The van der Waals surface area contributed by atoms with Gasteiger partial charge in [0.05, 0.1) is 6.10 Å². The Balaban J connectivity index is 1.73. The minimum Gasteiger partial charge on any atom is -0.377 e. The molecule has 2 nitrogen and oxygen atoms in total. The van der Waals surface area contributed by atoms with Crippen molar-refractivity contribution in [1.29, 1.82) is 0 Å². The van der Waals surface area contributed by atoms with Crippen molar-refractivity contribution in [1.82, 2.24) is 5.32 Å². The van der Waals surface area contributed by atoms with Crippen molar-refractivity contribution in [3.63, 3.8) is 0 Å². The lowest BCUT2D eigenvalue weighted by molar-refractivity contribution is 0.0304. The summed E-state index contributed by atoms with van der Waals surface area (Å²) in [6, 6.07) is 11.0. The topological polar surface area (TPSA) is 21.3 Å². The fourth-order valence-electron chi connectivity index (χ4n) is 3.80. The van der Waals surface area contributed by atoms with Gasteiger partial charge in [-0.3, -0.25) is 0 Å². The second kappa shape index (κ2) is 6.50. The average Bonchev–Trinajstić information content (AvgIpc) is 3.22. The first-order valence-electron chi connectivity index (χ1n) is 8.56. The predicted octanol–water partition coefficient (Wildman–Crippen LogP) is 3.66. The Morgan fingerprint density at radius 2 is 2.00 bits per heavy atom. The SMILES string of the molecule is CC(C)CNCC1(Cc2ccccc2)CCOC1C1CC1. The highest BCUT2D eigenvalue weighted by Gasteiger charge is 2.50. The van der Waals surface area contributed by atoms with Crippen molar-refractivity contribution in [3.05, 3.63) is 35.9 Å². The smallest absolute Gasteiger partial charge is 0.0675 e. The molecule has 21 heavy (non-hydrogen) atoms. The molecule has 0 radical (unpaired) electrons. The van der Waals surface area contributed by atoms with E-state index in [1.165, 1.54) is 24.8 Å². The first-order valence-corrected chi connectivity index (χ1v) is 8.56. The van der Waals surface area contributed by atoms with Gasteiger partial charge in [0.2, 0.25) is 0 Å². The number of hydrogen-bond acceptors (Lipinski definition) is 2. The Hall–Kier alpha value is -0.860. The van der Waals surface area contributed by atoms with E-state index in [2.05, 4.69) is 49.5 Å². The largest absolute Gasteiger partial charge is 0.377 e. The van der Waals surface area contributed by atoms with Crippen LogP contribution in [-0.4, -0.2) is 25.8 Å². The van der Waals surface area contributed by atoms with Gasteiger partial charge in [0.25, 0.3) is 0 Å². The molecular weight excluding hydrogens is 258 g/mol. The zero-order valence-electron chi connectivity index (χ0n) is 13.5. The third-order valence-electron chi connectivity index (χ3n) is 4.98. The van der Waals surface area contributed by atoms with Gasteiger partial charge in [-0.05, 0) is 49.6 Å². The van der Waals surface area contributed by atoms with Crippen LogP contribution in [0.3, 0.4) is 0 Å². The van der Waals surface area contributed by atoms with E-state index in [1.54, 1.807) is 0 Å². The summed E-state index contributed by atoms with van der Waals surface area (Å²) in [5, 5.41) is 3.72. The van der Waals surface area contributed by atoms with E-state index in [1.807, 2.05) is 0 Å². The van der Waals surface area contributed by atoms with Gasteiger partial charge < -0.3 is 10.1 Å². The van der Waals surface area contributed by atoms with Gasteiger partial charge in [-0.15, -0.1) is 0 Å². The highest BCUT2D eigenvalue weighted by Crippen LogP contribution is 2.49. The van der Waals surface area contributed by atoms with Crippen LogP contribution in [0, 0.1) is 17.3 Å². The van der Waals surface area contributed by atoms with Crippen LogP contribution in [-0.2, 0) is 11.2 Å². The fraction of sp³-hybridized carbons (Fsp3) is 0.684. The molecule has 0 bridgehead atoms. The number of benzene rings is 1. The summed E-state index contributed by atoms with van der Waals surface area (Å²) in [5.41, 5.74) is 1.76. The molecule has 2 fully saturated rings. The van der Waals surface area contributed by atoms with Crippen LogP contribution in [0.4, 0.5) is 0 Å². The molecule has 1 saturated carbocycles. The zero-order chi connectivity index (χ0) is 14.7. The minimum atomic E-state index is 0.303. The summed E-state index contributed by atoms with van der Waals surface area (Å²) in [6.45, 7) is 7.70. The second-order valence-corrected chi connectivity index (χ2v) is 7.43. The molecule has 0 aromatic heterocycles. The minimum absolute atomic E-state index is 0.303. The molecule has 1 aromatic carbocycles. The van der Waals surface area contributed by atoms with Gasteiger partial charge >= 0.3 is 0 Å². The van der Waals surface area contributed by atoms with Gasteiger partial charge in [0, 0.05) is 18.6 Å². The lowest BCUT2D eigenvalue weighted by Crippen LogP contribution is -2.44. The molecule has 0 spiro atoms. The Bertz CT molecular complexity index is 440. The van der Waals surface area contributed by atoms with E-state index >= 15 is 0 Å². The van der Waals surface area contributed by atoms with Crippen molar-refractivity contribution < 1.29 is 4.74 Å². The monoisotopic (exact) mass is 287 g/mol. The van der Waals surface area contributed by atoms with Crippen LogP contribution in [0.1, 0.15) is 38.7 Å². The molecule has 1 N–H and O–H groups in total. The normalized spacial score (nSPS) is 29.2. The summed E-state index contributed by atoms with van der Waals surface area (Å²) in [5.74, 6) is 1.53. The van der Waals surface area contributed by atoms with Crippen LogP contribution < -0.4 is 5.32 Å². The van der Waals surface area contributed by atoms with E-state index in [0.717, 1.165) is 32.0 Å². The highest BCUT2D eigenvalue weighted by atomic mass is 16.5. The van der Waals surface area contributed by atoms with E-state index in [0.29, 0.717) is 17.4 Å². The molecule has 1 aliphatic heterocycles. The molecule has 2 atom stereocenters. The quantitative estimate of drug-likeness (QED) is 0.826. The lowest BCUT2D eigenvalue weighted by Gasteiger charge is -2.35. The van der Waals surface area contributed by atoms with Crippen LogP contribution in [0.25, 0.3) is 0 Å². The Labute approximate surface area is 129 Å². The summed E-state index contributed by atoms with van der Waals surface area (Å²) >= 11 is 0. The van der Waals surface area contributed by atoms with E-state index in [-0.39, 0.29) is 0 Å². The standard InChI is InChI=1S/C19H29NO/c1-15(2)13-20-14-19(12-16-6-4-3-5-7-16)10-11-21-18(19)17-8-9-17/h3-7,15,17-18,20H,8-14H2,1-2H3. The number of ether oxygens (including phenoxy) is 1. The fourth-order valence-corrected chi connectivity index (χ4v) is 3.80. The molecule has 2 heteroatoms. The molecule has 1 aromatic rings. The molecule has 2 aliphatic rings. The Morgan fingerprint density at radius 1 is 1.24 bits per heavy atom. The van der Waals surface area contributed by atoms with Crippen molar-refractivity contribution in [2.24, 2.45) is 17.3 Å². The van der Waals surface area contributed by atoms with Gasteiger partial charge in [-0.2, -0.15) is 0 Å². The summed E-state index contributed by atoms with van der Waals surface area (Å²) in [4.78, 5) is 0. The lowest BCUT2D eigenvalue weighted by atomic mass is 9.74. The van der Waals surface area contributed by atoms with Crippen LogP contribution >= 0.6 is 0 Å². The van der Waals surface area contributed by atoms with Gasteiger partial charge in [0.1, 0.15) is 0 Å². The van der Waals surface area contributed by atoms with E-state index < -0.39 is 0 Å². The number of rotatable bonds is 7. The molecule has 1 saturated heterocycles. The van der Waals surface area contributed by atoms with Crippen molar-refractivity contribution in [3.8, 4) is 0 Å². The highest BCUT2D eigenvalue weighted by molar-refractivity contribution is 5.19. The van der Waals surface area contributed by atoms with Gasteiger partial charge in [0.15, 0.2) is 0 Å². The third-order valence-corrected chi connectivity index (χ3v) is 4.98. The molecule has 116 valence electrons. The van der Waals surface area contributed by atoms with Crippen LogP contribution in [0.5, 0.6) is 0 Å². The second-order valence-electron chi connectivity index (χ2n) is 7.43. The zero-order valence-corrected chi connectivity index (χ0v) is 13.5. The maximum absolute atomic E-state index is 6.18. The molecule has 0 amide bonds. The van der Waals surface area contributed by atoms with E-state index in [9.17, 15) is 0 Å². The molecule has 3 rings (SSSR count). The summed E-state index contributed by atoms with van der Waals surface area (Å²) in [7, 11) is 0. The maximum atomic E-state index is 6.18. The summed E-state index contributed by atoms with van der Waals surface area (Å²) < 4.78 is 6.18. The number of nitrogens with one attached hydrogen (secondary N) is 1. The number of hydrogen-bond donors (Lipinski definition) is 1. The summed E-state index contributed by atoms with van der Waals surface area (Å²) in [6.07, 6.45) is 5.56. The Kier molecular flexibility index (Phi) is 4.66. The van der Waals surface area contributed by atoms with Gasteiger partial charge in [-0.1, -0.05) is 44.2 Å². The van der Waals surface area contributed by atoms with Gasteiger partial charge in [-0.25, -0.2) is 0 Å². The third kappa shape index (κ3) is 3.67. The van der Waals surface area contributed by atoms with Crippen molar-refractivity contribution >= 4 is 0 Å². The molecule has 1 heterocycles. The van der Waals surface area contributed by atoms with E-state index in [4.69, 9.17) is 4.74 Å². The van der Waals surface area contributed by atoms with Crippen molar-refractivity contribution in [2.75, 3.05) is 19.7 Å². The first kappa shape index (κ1) is 15.1. The average molecular weight is 287 g/mol. The van der Waals surface area contributed by atoms with Crippen molar-refractivity contribution in [2.45, 2.75) is 45.6 Å². The first-order chi connectivity index (χ1) is 10.2. The molecular formula is C19H29NO. The van der Waals surface area contributed by atoms with Crippen LogP contribution in [0.15, 0.2) is 30.3 Å². The van der Waals surface area contributed by atoms with Crippen LogP contribution in [0.2, 0.25) is 0 Å². The Morgan fingerprint density at radius 3 is 2.67 bits per heavy atom. The predicted molar refractivity (Wildman–Crippen MR) is 87.4 cm³/mol. The maximum Gasteiger partial charge on any atom is 0.0675 e. The molecule has 1 aliphatic carbocycles.